The van der Waals surface area contributed by atoms with Gasteiger partial charge < -0.3 is 20.6 Å². The van der Waals surface area contributed by atoms with Crippen LogP contribution in [0.2, 0.25) is 0 Å². The van der Waals surface area contributed by atoms with Crippen LogP contribution in [0.25, 0.3) is 0 Å². The second kappa shape index (κ2) is 7.92. The zero-order chi connectivity index (χ0) is 13.4. The van der Waals surface area contributed by atoms with Crippen LogP contribution in [0.15, 0.2) is 0 Å². The van der Waals surface area contributed by atoms with E-state index in [9.17, 15) is 9.59 Å². The summed E-state index contributed by atoms with van der Waals surface area (Å²) in [5, 5.41) is 14.0. The molecule has 0 bridgehead atoms. The highest BCUT2D eigenvalue weighted by atomic mass is 16.4. The molecule has 6 nitrogen and oxygen atoms in total. The Morgan fingerprint density at radius 2 is 1.94 bits per heavy atom. The SMILES string of the molecule is CC(CNC(=O)NCCN1CCCC1)CC(=O)O. The van der Waals surface area contributed by atoms with Crippen molar-refractivity contribution < 1.29 is 14.7 Å². The van der Waals surface area contributed by atoms with Gasteiger partial charge in [-0.1, -0.05) is 6.92 Å². The van der Waals surface area contributed by atoms with Gasteiger partial charge in [-0.3, -0.25) is 4.79 Å². The highest BCUT2D eigenvalue weighted by Crippen LogP contribution is 2.05. The maximum atomic E-state index is 11.4. The molecule has 0 spiro atoms. The number of rotatable bonds is 7. The maximum absolute atomic E-state index is 11.4. The van der Waals surface area contributed by atoms with Gasteiger partial charge in [0.05, 0.1) is 0 Å². The molecule has 1 heterocycles. The molecule has 1 aliphatic heterocycles. The van der Waals surface area contributed by atoms with E-state index >= 15 is 0 Å². The molecule has 1 unspecified atom stereocenters. The molecule has 0 saturated carbocycles. The molecule has 0 aliphatic carbocycles. The van der Waals surface area contributed by atoms with E-state index in [1.165, 1.54) is 12.8 Å². The van der Waals surface area contributed by atoms with E-state index in [0.717, 1.165) is 19.6 Å². The summed E-state index contributed by atoms with van der Waals surface area (Å²) < 4.78 is 0. The van der Waals surface area contributed by atoms with Crippen molar-refractivity contribution in [2.45, 2.75) is 26.2 Å². The normalized spacial score (nSPS) is 17.4. The zero-order valence-electron chi connectivity index (χ0n) is 10.9. The monoisotopic (exact) mass is 257 g/mol. The minimum absolute atomic E-state index is 0.0492. The number of aliphatic carboxylic acids is 1. The van der Waals surface area contributed by atoms with Gasteiger partial charge in [-0.2, -0.15) is 0 Å². The smallest absolute Gasteiger partial charge is 0.314 e. The molecule has 18 heavy (non-hydrogen) atoms. The van der Waals surface area contributed by atoms with Gasteiger partial charge in [0.1, 0.15) is 0 Å². The Bertz CT molecular complexity index is 278. The number of carboxylic acids is 1. The van der Waals surface area contributed by atoms with Crippen molar-refractivity contribution in [2.24, 2.45) is 5.92 Å². The van der Waals surface area contributed by atoms with Crippen LogP contribution >= 0.6 is 0 Å². The first kappa shape index (κ1) is 14.8. The van der Waals surface area contributed by atoms with Gasteiger partial charge in [0.2, 0.25) is 0 Å². The van der Waals surface area contributed by atoms with Gasteiger partial charge in [0.25, 0.3) is 0 Å². The predicted molar refractivity (Wildman–Crippen MR) is 68.5 cm³/mol. The number of carbonyl (C=O) groups excluding carboxylic acids is 1. The average Bonchev–Trinajstić information content (AvgIpc) is 2.78. The van der Waals surface area contributed by atoms with Crippen LogP contribution in [0, 0.1) is 5.92 Å². The Hall–Kier alpha value is -1.30. The minimum Gasteiger partial charge on any atom is -0.481 e. The molecule has 0 radical (unpaired) electrons. The van der Waals surface area contributed by atoms with Crippen molar-refractivity contribution in [1.29, 1.82) is 0 Å². The molecule has 6 heteroatoms. The number of carboxylic acid groups (broad SMARTS) is 1. The third kappa shape index (κ3) is 6.44. The van der Waals surface area contributed by atoms with Crippen molar-refractivity contribution in [2.75, 3.05) is 32.7 Å². The van der Waals surface area contributed by atoms with Gasteiger partial charge in [0, 0.05) is 26.1 Å². The van der Waals surface area contributed by atoms with Crippen LogP contribution in [-0.2, 0) is 4.79 Å². The number of likely N-dealkylation sites (tertiary alicyclic amines) is 1. The standard InChI is InChI=1S/C12H23N3O3/c1-10(8-11(16)17)9-14-12(18)13-4-7-15-5-2-3-6-15/h10H,2-9H2,1H3,(H,16,17)(H2,13,14,18). The zero-order valence-corrected chi connectivity index (χ0v) is 10.9. The molecule has 1 fully saturated rings. The quantitative estimate of drug-likeness (QED) is 0.620. The largest absolute Gasteiger partial charge is 0.481 e. The second-order valence-electron chi connectivity index (χ2n) is 4.89. The fourth-order valence-electron chi connectivity index (χ4n) is 2.03. The number of hydrogen-bond donors (Lipinski definition) is 3. The molecular weight excluding hydrogens is 234 g/mol. The van der Waals surface area contributed by atoms with Crippen LogP contribution in [0.5, 0.6) is 0 Å². The lowest BCUT2D eigenvalue weighted by molar-refractivity contribution is -0.137. The summed E-state index contributed by atoms with van der Waals surface area (Å²) >= 11 is 0. The summed E-state index contributed by atoms with van der Waals surface area (Å²) in [7, 11) is 0. The van der Waals surface area contributed by atoms with Crippen molar-refractivity contribution in [3.8, 4) is 0 Å². The highest BCUT2D eigenvalue weighted by molar-refractivity contribution is 5.74. The van der Waals surface area contributed by atoms with Crippen LogP contribution in [-0.4, -0.2) is 54.7 Å². The lowest BCUT2D eigenvalue weighted by atomic mass is 10.1. The number of nitrogens with one attached hydrogen (secondary N) is 2. The summed E-state index contributed by atoms with van der Waals surface area (Å²) in [6, 6.07) is -0.216. The highest BCUT2D eigenvalue weighted by Gasteiger charge is 2.12. The van der Waals surface area contributed by atoms with Crippen LogP contribution in [0.1, 0.15) is 26.2 Å². The van der Waals surface area contributed by atoms with Gasteiger partial charge >= 0.3 is 12.0 Å². The Labute approximate surface area is 108 Å². The predicted octanol–water partition coefficient (Wildman–Crippen LogP) is 0.492. The first-order valence-corrected chi connectivity index (χ1v) is 6.54. The van der Waals surface area contributed by atoms with Gasteiger partial charge in [-0.25, -0.2) is 4.79 Å². The molecule has 1 rings (SSSR count). The third-order valence-electron chi connectivity index (χ3n) is 3.05. The number of carbonyl (C=O) groups is 2. The first-order valence-electron chi connectivity index (χ1n) is 6.54. The Morgan fingerprint density at radius 3 is 2.56 bits per heavy atom. The first-order chi connectivity index (χ1) is 8.58. The minimum atomic E-state index is -0.834. The fourth-order valence-corrected chi connectivity index (χ4v) is 2.03. The molecule has 1 saturated heterocycles. The molecule has 1 atom stereocenters. The van der Waals surface area contributed by atoms with E-state index < -0.39 is 5.97 Å². The number of amides is 2. The van der Waals surface area contributed by atoms with Gasteiger partial charge in [0.15, 0.2) is 0 Å². The molecule has 3 N–H and O–H groups in total. The molecule has 0 aromatic carbocycles. The summed E-state index contributed by atoms with van der Waals surface area (Å²) in [4.78, 5) is 24.2. The Kier molecular flexibility index (Phi) is 6.49. The van der Waals surface area contributed by atoms with Crippen LogP contribution in [0.3, 0.4) is 0 Å². The van der Waals surface area contributed by atoms with Crippen molar-refractivity contribution in [3.05, 3.63) is 0 Å². The summed E-state index contributed by atoms with van der Waals surface area (Å²) in [5.74, 6) is -0.884. The van der Waals surface area contributed by atoms with E-state index in [0.29, 0.717) is 13.1 Å². The van der Waals surface area contributed by atoms with Crippen molar-refractivity contribution >= 4 is 12.0 Å². The van der Waals surface area contributed by atoms with Crippen molar-refractivity contribution in [3.63, 3.8) is 0 Å². The van der Waals surface area contributed by atoms with E-state index in [1.54, 1.807) is 6.92 Å². The lowest BCUT2D eigenvalue weighted by Gasteiger charge is -2.15. The number of nitrogens with zero attached hydrogens (tertiary/aromatic N) is 1. The van der Waals surface area contributed by atoms with E-state index in [2.05, 4.69) is 15.5 Å². The molecule has 0 aromatic rings. The fraction of sp³-hybridized carbons (Fsp3) is 0.833. The van der Waals surface area contributed by atoms with Gasteiger partial charge in [-0.15, -0.1) is 0 Å². The Morgan fingerprint density at radius 1 is 1.28 bits per heavy atom. The summed E-state index contributed by atoms with van der Waals surface area (Å²) in [6.07, 6.45) is 2.58. The lowest BCUT2D eigenvalue weighted by Crippen LogP contribution is -2.41. The molecule has 2 amide bonds. The second-order valence-corrected chi connectivity index (χ2v) is 4.89. The topological polar surface area (TPSA) is 81.7 Å². The maximum Gasteiger partial charge on any atom is 0.314 e. The Balaban J connectivity index is 2.01. The third-order valence-corrected chi connectivity index (χ3v) is 3.05. The molecule has 1 aliphatic rings. The molecule has 0 aromatic heterocycles. The van der Waals surface area contributed by atoms with Crippen LogP contribution < -0.4 is 10.6 Å². The van der Waals surface area contributed by atoms with Gasteiger partial charge in [-0.05, 0) is 31.8 Å². The van der Waals surface area contributed by atoms with Crippen LogP contribution in [0.4, 0.5) is 4.79 Å². The number of hydrogen-bond acceptors (Lipinski definition) is 3. The van der Waals surface area contributed by atoms with E-state index in [1.807, 2.05) is 0 Å². The average molecular weight is 257 g/mol. The number of urea groups is 1. The van der Waals surface area contributed by atoms with E-state index in [-0.39, 0.29) is 18.4 Å². The molecular formula is C12H23N3O3. The molecule has 104 valence electrons. The van der Waals surface area contributed by atoms with E-state index in [4.69, 9.17) is 5.11 Å². The summed E-state index contributed by atoms with van der Waals surface area (Å²) in [6.45, 7) is 5.97. The summed E-state index contributed by atoms with van der Waals surface area (Å²) in [5.41, 5.74) is 0. The van der Waals surface area contributed by atoms with Crippen molar-refractivity contribution in [1.82, 2.24) is 15.5 Å².